The summed E-state index contributed by atoms with van der Waals surface area (Å²) in [6, 6.07) is 0. The molecule has 1 aliphatic heterocycles. The number of nitrogens with zero attached hydrogens (tertiary/aromatic N) is 1. The zero-order valence-electron chi connectivity index (χ0n) is 4.78. The van der Waals surface area contributed by atoms with E-state index in [-0.39, 0.29) is 7.43 Å². The van der Waals surface area contributed by atoms with Crippen LogP contribution in [0.25, 0.3) is 0 Å². The summed E-state index contributed by atoms with van der Waals surface area (Å²) in [5.74, 6) is 0. The minimum absolute atomic E-state index is 0. The number of nitrogens with one attached hydrogen (secondary N) is 1. The topological polar surface area (TPSA) is 15.3 Å². The van der Waals surface area contributed by atoms with E-state index in [1.807, 2.05) is 7.05 Å². The smallest absolute Gasteiger partial charge is 0.0131 e. The molecule has 0 aromatic rings. The maximum Gasteiger partial charge on any atom is 0.0131 e. The molecule has 0 aromatic heterocycles. The molecule has 1 fully saturated rings. The van der Waals surface area contributed by atoms with Crippen molar-refractivity contribution in [2.75, 3.05) is 20.1 Å². The Balaban J connectivity index is 0.000000490. The first kappa shape index (κ1) is 7.92. The van der Waals surface area contributed by atoms with Crippen molar-refractivity contribution >= 4 is 0 Å². The minimum atomic E-state index is 0. The first-order valence-electron chi connectivity index (χ1n) is 2.86. The van der Waals surface area contributed by atoms with Crippen molar-refractivity contribution in [1.29, 1.82) is 0 Å². The van der Waals surface area contributed by atoms with Gasteiger partial charge in [0, 0.05) is 13.1 Å². The van der Waals surface area contributed by atoms with E-state index >= 15 is 0 Å². The second kappa shape index (κ2) is 3.87. The second-order valence-electron chi connectivity index (χ2n) is 1.92. The molecule has 0 unspecified atom stereocenters. The fourth-order valence-corrected chi connectivity index (χ4v) is 0.941. The summed E-state index contributed by atoms with van der Waals surface area (Å²) in [7, 11) is 1.98. The fraction of sp³-hybridized carbons (Fsp3) is 1.00. The number of hydrazine groups is 1. The van der Waals surface area contributed by atoms with Crippen molar-refractivity contribution in [1.82, 2.24) is 10.4 Å². The van der Waals surface area contributed by atoms with Gasteiger partial charge in [-0.05, 0) is 19.9 Å². The Labute approximate surface area is 51.8 Å². The van der Waals surface area contributed by atoms with E-state index in [9.17, 15) is 0 Å². The normalized spacial score (nSPS) is 20.6. The fourth-order valence-electron chi connectivity index (χ4n) is 0.941. The molecule has 0 atom stereocenters. The lowest BCUT2D eigenvalue weighted by Gasteiger charge is -2.10. The lowest BCUT2D eigenvalue weighted by molar-refractivity contribution is 0.262. The van der Waals surface area contributed by atoms with Gasteiger partial charge < -0.3 is 0 Å². The molecule has 50 valence electrons. The summed E-state index contributed by atoms with van der Waals surface area (Å²) >= 11 is 0. The van der Waals surface area contributed by atoms with Crippen molar-refractivity contribution in [3.05, 3.63) is 0 Å². The van der Waals surface area contributed by atoms with Crippen molar-refractivity contribution in [2.24, 2.45) is 0 Å². The highest BCUT2D eigenvalue weighted by Gasteiger charge is 2.06. The average Bonchev–Trinajstić information content (AvgIpc) is 2.14. The van der Waals surface area contributed by atoms with Crippen molar-refractivity contribution in [2.45, 2.75) is 20.3 Å². The quantitative estimate of drug-likeness (QED) is 0.546. The Morgan fingerprint density at radius 1 is 1.25 bits per heavy atom. The van der Waals surface area contributed by atoms with E-state index in [0.717, 1.165) is 0 Å². The van der Waals surface area contributed by atoms with Crippen LogP contribution in [-0.2, 0) is 0 Å². The molecule has 0 saturated carbocycles. The average molecular weight is 116 g/mol. The predicted molar refractivity (Wildman–Crippen MR) is 36.6 cm³/mol. The molecule has 0 amide bonds. The molecule has 2 nitrogen and oxygen atoms in total. The van der Waals surface area contributed by atoms with Crippen molar-refractivity contribution in [3.63, 3.8) is 0 Å². The van der Waals surface area contributed by atoms with E-state index in [1.165, 1.54) is 25.9 Å². The lowest BCUT2D eigenvalue weighted by Crippen LogP contribution is -2.31. The third kappa shape index (κ3) is 1.80. The van der Waals surface area contributed by atoms with Gasteiger partial charge in [-0.25, -0.2) is 5.01 Å². The van der Waals surface area contributed by atoms with E-state index in [0.29, 0.717) is 0 Å². The van der Waals surface area contributed by atoms with Crippen LogP contribution in [0.5, 0.6) is 0 Å². The molecule has 0 aromatic carbocycles. The first-order chi connectivity index (χ1) is 3.43. The minimum Gasteiger partial charge on any atom is -0.258 e. The summed E-state index contributed by atoms with van der Waals surface area (Å²) in [5.41, 5.74) is 3.10. The van der Waals surface area contributed by atoms with Gasteiger partial charge in [0.2, 0.25) is 0 Å². The van der Waals surface area contributed by atoms with Crippen molar-refractivity contribution < 1.29 is 0 Å². The van der Waals surface area contributed by atoms with E-state index in [1.54, 1.807) is 0 Å². The molecule has 0 bridgehead atoms. The summed E-state index contributed by atoms with van der Waals surface area (Å²) in [4.78, 5) is 0. The standard InChI is InChI=1S/C5H12N2.CH4/c1-6-7-4-2-3-5-7;/h6H,2-5H2,1H3;1H4. The van der Waals surface area contributed by atoms with Crippen LogP contribution >= 0.6 is 0 Å². The number of hydrogen-bond acceptors (Lipinski definition) is 2. The van der Waals surface area contributed by atoms with Gasteiger partial charge in [0.25, 0.3) is 0 Å². The maximum atomic E-state index is 3.10. The summed E-state index contributed by atoms with van der Waals surface area (Å²) in [5, 5.41) is 2.24. The van der Waals surface area contributed by atoms with Gasteiger partial charge >= 0.3 is 0 Å². The van der Waals surface area contributed by atoms with Crippen molar-refractivity contribution in [3.8, 4) is 0 Å². The van der Waals surface area contributed by atoms with Gasteiger partial charge in [0.05, 0.1) is 0 Å². The van der Waals surface area contributed by atoms with E-state index < -0.39 is 0 Å². The van der Waals surface area contributed by atoms with Crippen LogP contribution in [0, 0.1) is 0 Å². The second-order valence-corrected chi connectivity index (χ2v) is 1.92. The Kier molecular flexibility index (Phi) is 3.83. The summed E-state index contributed by atoms with van der Waals surface area (Å²) in [6.07, 6.45) is 2.72. The molecule has 1 N–H and O–H groups in total. The Bertz CT molecular complexity index is 48.5. The summed E-state index contributed by atoms with van der Waals surface area (Å²) in [6.45, 7) is 2.47. The van der Waals surface area contributed by atoms with Crippen LogP contribution in [0.4, 0.5) is 0 Å². The van der Waals surface area contributed by atoms with Gasteiger partial charge in [-0.15, -0.1) is 0 Å². The van der Waals surface area contributed by atoms with Gasteiger partial charge in [-0.1, -0.05) is 7.43 Å². The van der Waals surface area contributed by atoms with E-state index in [2.05, 4.69) is 10.4 Å². The lowest BCUT2D eigenvalue weighted by atomic mass is 10.4. The monoisotopic (exact) mass is 116 g/mol. The Hall–Kier alpha value is -0.0800. The van der Waals surface area contributed by atoms with Gasteiger partial charge in [-0.3, -0.25) is 5.43 Å². The molecule has 0 aliphatic carbocycles. The molecule has 0 spiro atoms. The van der Waals surface area contributed by atoms with Gasteiger partial charge in [-0.2, -0.15) is 0 Å². The molecule has 0 radical (unpaired) electrons. The molecule has 1 heterocycles. The maximum absolute atomic E-state index is 3.10. The molecule has 1 saturated heterocycles. The van der Waals surface area contributed by atoms with Crippen LogP contribution in [-0.4, -0.2) is 25.1 Å². The highest BCUT2D eigenvalue weighted by Crippen LogP contribution is 2.01. The van der Waals surface area contributed by atoms with Gasteiger partial charge in [0.15, 0.2) is 0 Å². The van der Waals surface area contributed by atoms with Crippen LogP contribution in [0.2, 0.25) is 0 Å². The highest BCUT2D eigenvalue weighted by atomic mass is 15.5. The molecule has 8 heavy (non-hydrogen) atoms. The molecular weight excluding hydrogens is 100 g/mol. The molecule has 2 heteroatoms. The number of hydrogen-bond donors (Lipinski definition) is 1. The van der Waals surface area contributed by atoms with Gasteiger partial charge in [0.1, 0.15) is 0 Å². The van der Waals surface area contributed by atoms with Crippen LogP contribution in [0.3, 0.4) is 0 Å². The summed E-state index contributed by atoms with van der Waals surface area (Å²) < 4.78 is 0. The highest BCUT2D eigenvalue weighted by molar-refractivity contribution is 4.59. The van der Waals surface area contributed by atoms with E-state index in [4.69, 9.17) is 0 Å². The molecule has 1 rings (SSSR count). The van der Waals surface area contributed by atoms with Crippen LogP contribution < -0.4 is 5.43 Å². The molecular formula is C6H16N2. The largest absolute Gasteiger partial charge is 0.258 e. The SMILES string of the molecule is C.CNN1CCCC1. The third-order valence-corrected chi connectivity index (χ3v) is 1.42. The zero-order chi connectivity index (χ0) is 5.11. The Morgan fingerprint density at radius 3 is 2.00 bits per heavy atom. The third-order valence-electron chi connectivity index (χ3n) is 1.42. The zero-order valence-corrected chi connectivity index (χ0v) is 4.78. The predicted octanol–water partition coefficient (Wildman–Crippen LogP) is 0.853. The molecule has 1 aliphatic rings. The van der Waals surface area contributed by atoms with Crippen LogP contribution in [0.1, 0.15) is 20.3 Å². The number of rotatable bonds is 1. The first-order valence-corrected chi connectivity index (χ1v) is 2.86. The van der Waals surface area contributed by atoms with Crippen LogP contribution in [0.15, 0.2) is 0 Å². The Morgan fingerprint density at radius 2 is 1.75 bits per heavy atom.